The Bertz CT molecular complexity index is 1140. The van der Waals surface area contributed by atoms with Crippen molar-refractivity contribution in [3.8, 4) is 0 Å². The molecule has 1 aliphatic heterocycles. The number of aryl methyl sites for hydroxylation is 2. The van der Waals surface area contributed by atoms with Crippen molar-refractivity contribution in [3.05, 3.63) is 94.7 Å². The van der Waals surface area contributed by atoms with Crippen molar-refractivity contribution in [3.63, 3.8) is 0 Å². The summed E-state index contributed by atoms with van der Waals surface area (Å²) in [4.78, 5) is 0.181. The lowest BCUT2D eigenvalue weighted by molar-refractivity contribution is 0.564. The van der Waals surface area contributed by atoms with Crippen molar-refractivity contribution in [2.45, 2.75) is 39.0 Å². The number of hydrogen-bond acceptors (Lipinski definition) is 3. The van der Waals surface area contributed by atoms with Crippen molar-refractivity contribution in [2.75, 3.05) is 0 Å². The average molecular weight is 407 g/mol. The molecule has 0 aliphatic carbocycles. The molecule has 1 heterocycles. The van der Waals surface area contributed by atoms with Crippen LogP contribution in [0.25, 0.3) is 5.57 Å². The predicted octanol–water partition coefficient (Wildman–Crippen LogP) is 5.61. The Morgan fingerprint density at radius 2 is 1.76 bits per heavy atom. The summed E-state index contributed by atoms with van der Waals surface area (Å²) in [6, 6.07) is 14.6. The van der Waals surface area contributed by atoms with Gasteiger partial charge in [-0.15, -0.1) is 0 Å². The van der Waals surface area contributed by atoms with E-state index in [2.05, 4.69) is 0 Å². The second-order valence-electron chi connectivity index (χ2n) is 7.30. The molecule has 2 aromatic carbocycles. The van der Waals surface area contributed by atoms with Gasteiger partial charge in [0.15, 0.2) is 0 Å². The Hall–Kier alpha value is -2.92. The fraction of sp³-hybridized carbons (Fsp3) is 0.208. The van der Waals surface area contributed by atoms with Crippen molar-refractivity contribution in [1.82, 2.24) is 4.31 Å². The zero-order valence-electron chi connectivity index (χ0n) is 17.2. The zero-order chi connectivity index (χ0) is 21.2. The third-order valence-electron chi connectivity index (χ3n) is 4.97. The maximum Gasteiger partial charge on any atom is 0.269 e. The summed E-state index contributed by atoms with van der Waals surface area (Å²) in [5.74, 6) is -0.0101. The highest BCUT2D eigenvalue weighted by Gasteiger charge is 2.35. The molecule has 0 bridgehead atoms. The molecule has 150 valence electrons. The van der Waals surface area contributed by atoms with Crippen LogP contribution in [-0.4, -0.2) is 18.6 Å². The molecule has 0 aromatic heterocycles. The molecule has 0 radical (unpaired) electrons. The van der Waals surface area contributed by atoms with E-state index in [4.69, 9.17) is 5.41 Å². The highest BCUT2D eigenvalue weighted by molar-refractivity contribution is 7.89. The van der Waals surface area contributed by atoms with Gasteiger partial charge in [-0.25, -0.2) is 12.7 Å². The van der Waals surface area contributed by atoms with Gasteiger partial charge in [-0.1, -0.05) is 65.3 Å². The van der Waals surface area contributed by atoms with E-state index in [1.807, 2.05) is 64.1 Å². The standard InChI is InChI=1S/C24H26N2O2S/c1-5-6-9-19(4)23-22(20-10-7-8-18(3)15-20)16-26(24(23)25)29(27,28)21-13-11-17(2)12-14-21/h5-8,10-16,25H,9H2,1-4H3/b6-5-,23-19+,25-24?. The molecule has 1 aliphatic rings. The van der Waals surface area contributed by atoms with Gasteiger partial charge in [-0.3, -0.25) is 5.41 Å². The van der Waals surface area contributed by atoms with Crippen LogP contribution in [0.2, 0.25) is 0 Å². The fourth-order valence-corrected chi connectivity index (χ4v) is 4.64. The van der Waals surface area contributed by atoms with Gasteiger partial charge >= 0.3 is 0 Å². The third kappa shape index (κ3) is 4.10. The summed E-state index contributed by atoms with van der Waals surface area (Å²) in [6.45, 7) is 7.82. The monoisotopic (exact) mass is 406 g/mol. The Morgan fingerprint density at radius 1 is 1.07 bits per heavy atom. The molecule has 0 saturated heterocycles. The smallest absolute Gasteiger partial charge is 0.269 e. The molecule has 0 unspecified atom stereocenters. The minimum Gasteiger partial charge on any atom is -0.283 e. The quantitative estimate of drug-likeness (QED) is 0.656. The maximum absolute atomic E-state index is 13.3. The van der Waals surface area contributed by atoms with Crippen LogP contribution < -0.4 is 0 Å². The van der Waals surface area contributed by atoms with E-state index in [0.29, 0.717) is 12.0 Å². The zero-order valence-corrected chi connectivity index (χ0v) is 18.0. The van der Waals surface area contributed by atoms with E-state index in [1.54, 1.807) is 30.5 Å². The number of nitrogens with one attached hydrogen (secondary N) is 1. The first-order valence-electron chi connectivity index (χ1n) is 9.56. The summed E-state index contributed by atoms with van der Waals surface area (Å²) < 4.78 is 27.7. The normalized spacial score (nSPS) is 16.5. The Morgan fingerprint density at radius 3 is 2.38 bits per heavy atom. The first-order valence-corrected chi connectivity index (χ1v) is 11.0. The lowest BCUT2D eigenvalue weighted by atomic mass is 9.94. The van der Waals surface area contributed by atoms with Crippen LogP contribution in [0.3, 0.4) is 0 Å². The lowest BCUT2D eigenvalue weighted by Gasteiger charge is -2.17. The molecule has 0 amide bonds. The van der Waals surface area contributed by atoms with E-state index in [9.17, 15) is 8.42 Å². The summed E-state index contributed by atoms with van der Waals surface area (Å²) >= 11 is 0. The number of rotatable bonds is 5. The molecule has 5 heteroatoms. The van der Waals surface area contributed by atoms with Gasteiger partial charge in [0.1, 0.15) is 5.84 Å². The van der Waals surface area contributed by atoms with Crippen LogP contribution >= 0.6 is 0 Å². The molecule has 2 aromatic rings. The van der Waals surface area contributed by atoms with Crippen LogP contribution in [0.5, 0.6) is 0 Å². The van der Waals surface area contributed by atoms with Gasteiger partial charge in [0.2, 0.25) is 0 Å². The summed E-state index contributed by atoms with van der Waals surface area (Å²) in [5.41, 5.74) is 5.37. The molecule has 0 atom stereocenters. The van der Waals surface area contributed by atoms with Gasteiger partial charge in [0, 0.05) is 17.3 Å². The van der Waals surface area contributed by atoms with E-state index < -0.39 is 10.0 Å². The number of amidine groups is 1. The van der Waals surface area contributed by atoms with Gasteiger partial charge in [-0.05, 0) is 51.8 Å². The van der Waals surface area contributed by atoms with Crippen LogP contribution in [0.4, 0.5) is 0 Å². The topological polar surface area (TPSA) is 61.2 Å². The summed E-state index contributed by atoms with van der Waals surface area (Å²) in [5, 5.41) is 8.72. The minimum atomic E-state index is -3.86. The number of hydrogen-bond donors (Lipinski definition) is 1. The summed E-state index contributed by atoms with van der Waals surface area (Å²) in [7, 11) is -3.86. The van der Waals surface area contributed by atoms with Crippen LogP contribution in [-0.2, 0) is 10.0 Å². The number of allylic oxidation sites excluding steroid dienone is 3. The molecular formula is C24H26N2O2S. The average Bonchev–Trinajstić information content (AvgIpc) is 3.04. The lowest BCUT2D eigenvalue weighted by Crippen LogP contribution is -2.29. The van der Waals surface area contributed by atoms with Gasteiger partial charge < -0.3 is 0 Å². The van der Waals surface area contributed by atoms with Crippen molar-refractivity contribution >= 4 is 21.4 Å². The molecule has 4 nitrogen and oxygen atoms in total. The Balaban J connectivity index is 2.17. The minimum absolute atomic E-state index is 0.0101. The largest absolute Gasteiger partial charge is 0.283 e. The van der Waals surface area contributed by atoms with Crippen molar-refractivity contribution in [1.29, 1.82) is 5.41 Å². The van der Waals surface area contributed by atoms with E-state index in [1.165, 1.54) is 0 Å². The van der Waals surface area contributed by atoms with Crippen LogP contribution in [0.1, 0.15) is 37.0 Å². The van der Waals surface area contributed by atoms with Crippen LogP contribution in [0.15, 0.2) is 82.9 Å². The van der Waals surface area contributed by atoms with E-state index in [-0.39, 0.29) is 10.7 Å². The molecular weight excluding hydrogens is 380 g/mol. The van der Waals surface area contributed by atoms with Crippen molar-refractivity contribution in [2.24, 2.45) is 0 Å². The highest BCUT2D eigenvalue weighted by atomic mass is 32.2. The van der Waals surface area contributed by atoms with Crippen LogP contribution in [0, 0.1) is 19.3 Å². The number of sulfonamides is 1. The number of benzene rings is 2. The predicted molar refractivity (Wildman–Crippen MR) is 119 cm³/mol. The fourth-order valence-electron chi connectivity index (χ4n) is 3.36. The van der Waals surface area contributed by atoms with Crippen molar-refractivity contribution < 1.29 is 8.42 Å². The number of nitrogens with zero attached hydrogens (tertiary/aromatic N) is 1. The molecule has 0 saturated carbocycles. The van der Waals surface area contributed by atoms with E-state index >= 15 is 0 Å². The first-order chi connectivity index (χ1) is 13.8. The first kappa shape index (κ1) is 20.8. The van der Waals surface area contributed by atoms with E-state index in [0.717, 1.165) is 32.1 Å². The SMILES string of the molecule is C/C=C\C/C(C)=C1/C(=N)N(S(=O)(=O)c2ccc(C)cc2)C=C1c1cccc(C)c1. The van der Waals surface area contributed by atoms with Gasteiger partial charge in [0.05, 0.1) is 4.90 Å². The Labute approximate surface area is 173 Å². The Kier molecular flexibility index (Phi) is 5.89. The maximum atomic E-state index is 13.3. The van der Waals surface area contributed by atoms with Gasteiger partial charge in [-0.2, -0.15) is 0 Å². The van der Waals surface area contributed by atoms with Gasteiger partial charge in [0.25, 0.3) is 10.0 Å². The highest BCUT2D eigenvalue weighted by Crippen LogP contribution is 2.37. The molecule has 1 N–H and O–H groups in total. The molecule has 3 rings (SSSR count). The molecule has 0 spiro atoms. The summed E-state index contributed by atoms with van der Waals surface area (Å²) in [6.07, 6.45) is 6.22. The molecule has 29 heavy (non-hydrogen) atoms. The molecule has 0 fully saturated rings. The second-order valence-corrected chi connectivity index (χ2v) is 9.12. The second kappa shape index (κ2) is 8.21. The third-order valence-corrected chi connectivity index (χ3v) is 6.64.